The number of hydrogen-bond acceptors (Lipinski definition) is 7. The fourth-order valence-electron chi connectivity index (χ4n) is 2.51. The topological polar surface area (TPSA) is 97.5 Å². The van der Waals surface area contributed by atoms with Crippen LogP contribution in [0.3, 0.4) is 0 Å². The van der Waals surface area contributed by atoms with Crippen LogP contribution in [0.1, 0.15) is 0 Å². The molecule has 3 aromatic rings. The molecular weight excluding hydrogens is 322 g/mol. The standard InChI is InChI=1S/C13H12ClN7O2/c1-15-13(22)23-8-4-20(5-8)11-12-19-17-6-21(12)9-2-7(14)3-16-10(9)18-11/h2-3,6,8H,4-5H2,1H3,(H,15,22). The van der Waals surface area contributed by atoms with Crippen LogP contribution in [0.15, 0.2) is 18.6 Å². The van der Waals surface area contributed by atoms with Gasteiger partial charge in [0.25, 0.3) is 0 Å². The smallest absolute Gasteiger partial charge is 0.407 e. The second kappa shape index (κ2) is 5.20. The van der Waals surface area contributed by atoms with E-state index in [2.05, 4.69) is 25.5 Å². The lowest BCUT2D eigenvalue weighted by atomic mass is 10.1. The summed E-state index contributed by atoms with van der Waals surface area (Å²) in [5.74, 6) is 0.654. The Morgan fingerprint density at radius 3 is 3.09 bits per heavy atom. The first kappa shape index (κ1) is 13.9. The van der Waals surface area contributed by atoms with E-state index in [1.54, 1.807) is 23.0 Å². The summed E-state index contributed by atoms with van der Waals surface area (Å²) in [4.78, 5) is 22.0. The van der Waals surface area contributed by atoms with E-state index in [4.69, 9.17) is 16.3 Å². The number of carbonyl (C=O) groups is 1. The Morgan fingerprint density at radius 1 is 1.48 bits per heavy atom. The lowest BCUT2D eigenvalue weighted by Gasteiger charge is -2.38. The number of halogens is 1. The van der Waals surface area contributed by atoms with E-state index in [0.29, 0.717) is 35.2 Å². The van der Waals surface area contributed by atoms with Gasteiger partial charge in [-0.1, -0.05) is 11.6 Å². The molecule has 0 saturated carbocycles. The molecule has 0 aliphatic carbocycles. The Bertz CT molecular complexity index is 906. The van der Waals surface area contributed by atoms with Crippen LogP contribution < -0.4 is 10.2 Å². The van der Waals surface area contributed by atoms with E-state index in [1.807, 2.05) is 4.90 Å². The summed E-state index contributed by atoms with van der Waals surface area (Å²) in [7, 11) is 1.53. The number of carbonyl (C=O) groups excluding carboxylic acids is 1. The van der Waals surface area contributed by atoms with Gasteiger partial charge in [-0.05, 0) is 6.07 Å². The van der Waals surface area contributed by atoms with E-state index < -0.39 is 6.09 Å². The van der Waals surface area contributed by atoms with Crippen molar-refractivity contribution >= 4 is 40.3 Å². The van der Waals surface area contributed by atoms with E-state index in [0.717, 1.165) is 5.52 Å². The molecule has 4 heterocycles. The molecule has 10 heteroatoms. The monoisotopic (exact) mass is 333 g/mol. The molecule has 23 heavy (non-hydrogen) atoms. The predicted octanol–water partition coefficient (Wildman–Crippen LogP) is 0.870. The van der Waals surface area contributed by atoms with Gasteiger partial charge in [0.1, 0.15) is 12.4 Å². The first-order valence-corrected chi connectivity index (χ1v) is 7.32. The molecule has 118 valence electrons. The van der Waals surface area contributed by atoms with Crippen molar-refractivity contribution in [3.63, 3.8) is 0 Å². The highest BCUT2D eigenvalue weighted by Gasteiger charge is 2.33. The lowest BCUT2D eigenvalue weighted by Crippen LogP contribution is -2.54. The Labute approximate surface area is 135 Å². The van der Waals surface area contributed by atoms with Crippen molar-refractivity contribution in [3.05, 3.63) is 23.6 Å². The maximum absolute atomic E-state index is 11.2. The number of rotatable bonds is 2. The van der Waals surface area contributed by atoms with Gasteiger partial charge in [0.05, 0.1) is 23.6 Å². The zero-order valence-corrected chi connectivity index (χ0v) is 12.9. The quantitative estimate of drug-likeness (QED) is 0.743. The first-order chi connectivity index (χ1) is 11.2. The average Bonchev–Trinajstić information content (AvgIpc) is 3.00. The van der Waals surface area contributed by atoms with E-state index in [1.165, 1.54) is 7.05 Å². The minimum atomic E-state index is -0.440. The number of pyridine rings is 1. The van der Waals surface area contributed by atoms with Crippen LogP contribution >= 0.6 is 11.6 Å². The number of anilines is 1. The van der Waals surface area contributed by atoms with Crippen molar-refractivity contribution in [2.75, 3.05) is 25.0 Å². The van der Waals surface area contributed by atoms with Gasteiger partial charge in [-0.2, -0.15) is 0 Å². The molecule has 0 unspecified atom stereocenters. The van der Waals surface area contributed by atoms with Crippen molar-refractivity contribution in [2.45, 2.75) is 6.10 Å². The second-order valence-corrected chi connectivity index (χ2v) is 5.57. The minimum absolute atomic E-state index is 0.173. The first-order valence-electron chi connectivity index (χ1n) is 6.94. The van der Waals surface area contributed by atoms with Crippen LogP contribution in [0.5, 0.6) is 0 Å². The molecule has 1 amide bonds. The predicted molar refractivity (Wildman–Crippen MR) is 82.6 cm³/mol. The highest BCUT2D eigenvalue weighted by atomic mass is 35.5. The minimum Gasteiger partial charge on any atom is -0.442 e. The van der Waals surface area contributed by atoms with Gasteiger partial charge in [0.2, 0.25) is 5.65 Å². The highest BCUT2D eigenvalue weighted by Crippen LogP contribution is 2.27. The maximum atomic E-state index is 11.2. The molecule has 0 atom stereocenters. The summed E-state index contributed by atoms with van der Waals surface area (Å²) in [6.07, 6.45) is 2.53. The summed E-state index contributed by atoms with van der Waals surface area (Å²) in [6.45, 7) is 1.09. The molecule has 0 bridgehead atoms. The van der Waals surface area contributed by atoms with Crippen molar-refractivity contribution in [2.24, 2.45) is 0 Å². The van der Waals surface area contributed by atoms with Crippen LogP contribution in [0.2, 0.25) is 5.02 Å². The summed E-state index contributed by atoms with van der Waals surface area (Å²) >= 11 is 6.00. The number of nitrogens with one attached hydrogen (secondary N) is 1. The largest absolute Gasteiger partial charge is 0.442 e. The molecule has 1 fully saturated rings. The summed E-state index contributed by atoms with van der Waals surface area (Å²) in [5, 5.41) is 11.0. The van der Waals surface area contributed by atoms with E-state index >= 15 is 0 Å². The van der Waals surface area contributed by atoms with Crippen LogP contribution in [-0.4, -0.2) is 56.9 Å². The number of ether oxygens (including phenoxy) is 1. The third-order valence-corrected chi connectivity index (χ3v) is 3.87. The molecule has 3 aromatic heterocycles. The van der Waals surface area contributed by atoms with Crippen molar-refractivity contribution in [3.8, 4) is 0 Å². The molecular formula is C13H12ClN7O2. The zero-order valence-electron chi connectivity index (χ0n) is 12.1. The van der Waals surface area contributed by atoms with Gasteiger partial charge in [-0.25, -0.2) is 14.8 Å². The van der Waals surface area contributed by atoms with Crippen molar-refractivity contribution in [1.29, 1.82) is 0 Å². The van der Waals surface area contributed by atoms with Gasteiger partial charge in [0.15, 0.2) is 11.5 Å². The van der Waals surface area contributed by atoms with Gasteiger partial charge in [-0.3, -0.25) is 4.40 Å². The van der Waals surface area contributed by atoms with Crippen LogP contribution in [0, 0.1) is 0 Å². The van der Waals surface area contributed by atoms with E-state index in [-0.39, 0.29) is 6.10 Å². The van der Waals surface area contributed by atoms with Gasteiger partial charge < -0.3 is 15.0 Å². The number of amides is 1. The third kappa shape index (κ3) is 2.29. The molecule has 0 radical (unpaired) electrons. The van der Waals surface area contributed by atoms with Crippen LogP contribution in [0.25, 0.3) is 16.8 Å². The van der Waals surface area contributed by atoms with Crippen molar-refractivity contribution in [1.82, 2.24) is 29.9 Å². The molecule has 4 rings (SSSR count). The molecule has 0 spiro atoms. The van der Waals surface area contributed by atoms with E-state index in [9.17, 15) is 4.79 Å². The number of fused-ring (bicyclic) bond motifs is 3. The van der Waals surface area contributed by atoms with Gasteiger partial charge in [-0.15, -0.1) is 10.2 Å². The fraction of sp³-hybridized carbons (Fsp3) is 0.308. The highest BCUT2D eigenvalue weighted by molar-refractivity contribution is 6.31. The Balaban J connectivity index is 1.69. The number of aromatic nitrogens is 5. The number of alkyl carbamates (subject to hydrolysis) is 1. The zero-order chi connectivity index (χ0) is 16.0. The Hall–Kier alpha value is -2.68. The summed E-state index contributed by atoms with van der Waals surface area (Å²) in [5.41, 5.74) is 1.90. The second-order valence-electron chi connectivity index (χ2n) is 5.14. The number of nitrogens with zero attached hydrogens (tertiary/aromatic N) is 6. The average molecular weight is 334 g/mol. The molecule has 1 saturated heterocycles. The maximum Gasteiger partial charge on any atom is 0.407 e. The molecule has 9 nitrogen and oxygen atoms in total. The normalized spacial score (nSPS) is 15.0. The Kier molecular flexibility index (Phi) is 3.15. The number of hydrogen-bond donors (Lipinski definition) is 1. The van der Waals surface area contributed by atoms with Gasteiger partial charge >= 0.3 is 6.09 Å². The molecule has 1 N–H and O–H groups in total. The van der Waals surface area contributed by atoms with Crippen molar-refractivity contribution < 1.29 is 9.53 Å². The summed E-state index contributed by atoms with van der Waals surface area (Å²) in [6, 6.07) is 1.77. The van der Waals surface area contributed by atoms with Gasteiger partial charge in [0, 0.05) is 13.2 Å². The Morgan fingerprint density at radius 2 is 2.30 bits per heavy atom. The third-order valence-electron chi connectivity index (χ3n) is 3.66. The van der Waals surface area contributed by atoms with Crippen LogP contribution in [-0.2, 0) is 4.74 Å². The van der Waals surface area contributed by atoms with Crippen LogP contribution in [0.4, 0.5) is 10.6 Å². The SMILES string of the molecule is CNC(=O)OC1CN(c2nc3ncc(Cl)cc3n3cnnc23)C1. The fourth-order valence-corrected chi connectivity index (χ4v) is 2.66. The molecule has 1 aliphatic rings. The molecule has 1 aliphatic heterocycles. The lowest BCUT2D eigenvalue weighted by molar-refractivity contribution is 0.0824. The molecule has 0 aromatic carbocycles. The summed E-state index contributed by atoms with van der Waals surface area (Å²) < 4.78 is 6.98.